The van der Waals surface area contributed by atoms with Gasteiger partial charge in [0.1, 0.15) is 12.4 Å². The molecule has 4 atom stereocenters. The second-order valence-corrected chi connectivity index (χ2v) is 13.7. The second kappa shape index (κ2) is 10.5. The number of benzene rings is 2. The van der Waals surface area contributed by atoms with E-state index in [1.165, 1.54) is 17.2 Å². The van der Waals surface area contributed by atoms with Crippen molar-refractivity contribution in [3.05, 3.63) is 64.7 Å². The quantitative estimate of drug-likeness (QED) is 0.455. The van der Waals surface area contributed by atoms with Gasteiger partial charge in [0.15, 0.2) is 0 Å². The predicted octanol–water partition coefficient (Wildman–Crippen LogP) is 4.87. The third-order valence-electron chi connectivity index (χ3n) is 9.06. The van der Waals surface area contributed by atoms with E-state index in [1.54, 1.807) is 12.1 Å². The van der Waals surface area contributed by atoms with Crippen molar-refractivity contribution in [1.82, 2.24) is 4.72 Å². The first-order chi connectivity index (χ1) is 18.7. The minimum atomic E-state index is -4.07. The molecule has 208 valence electrons. The van der Waals surface area contributed by atoms with Crippen molar-refractivity contribution in [3.8, 4) is 5.75 Å². The van der Waals surface area contributed by atoms with Crippen molar-refractivity contribution in [3.63, 3.8) is 0 Å². The van der Waals surface area contributed by atoms with Crippen LogP contribution in [0, 0.1) is 17.8 Å². The number of nitrogens with one attached hydrogen (secondary N) is 1. The second-order valence-electron chi connectivity index (χ2n) is 11.6. The third kappa shape index (κ3) is 5.19. The van der Waals surface area contributed by atoms with Crippen molar-refractivity contribution in [2.45, 2.75) is 49.3 Å². The molecule has 1 saturated carbocycles. The minimum absolute atomic E-state index is 0.0421. The molecule has 1 amide bonds. The summed E-state index contributed by atoms with van der Waals surface area (Å²) in [5.74, 6) is 1.38. The summed E-state index contributed by atoms with van der Waals surface area (Å²) < 4.78 is 40.4. The summed E-state index contributed by atoms with van der Waals surface area (Å²) in [6, 6.07) is 11.1. The van der Waals surface area contributed by atoms with Crippen LogP contribution in [-0.2, 0) is 31.4 Å². The minimum Gasteiger partial charge on any atom is -0.490 e. The number of sulfonamides is 1. The molecule has 7 nitrogen and oxygen atoms in total. The Hall–Kier alpha value is -2.55. The fraction of sp³-hybridized carbons (Fsp3) is 0.500. The summed E-state index contributed by atoms with van der Waals surface area (Å²) in [6.07, 6.45) is 9.43. The van der Waals surface area contributed by atoms with Crippen molar-refractivity contribution in [1.29, 1.82) is 0 Å². The van der Waals surface area contributed by atoms with Crippen LogP contribution in [0.2, 0.25) is 5.02 Å². The highest BCUT2D eigenvalue weighted by Gasteiger charge is 2.44. The van der Waals surface area contributed by atoms with Gasteiger partial charge in [-0.25, -0.2) is 13.1 Å². The molecule has 2 aliphatic heterocycles. The first-order valence-corrected chi connectivity index (χ1v) is 15.7. The number of amides is 1. The van der Waals surface area contributed by atoms with E-state index in [0.717, 1.165) is 55.9 Å². The van der Waals surface area contributed by atoms with E-state index >= 15 is 0 Å². The van der Waals surface area contributed by atoms with Gasteiger partial charge in [-0.15, -0.1) is 0 Å². The molecule has 1 fully saturated rings. The molecule has 0 saturated heterocycles. The number of nitrogens with zero attached hydrogens (tertiary/aromatic N) is 1. The van der Waals surface area contributed by atoms with Crippen molar-refractivity contribution in [2.24, 2.45) is 17.8 Å². The number of carbonyl (C=O) groups excluding carboxylic acids is 1. The molecule has 2 bridgehead atoms. The van der Waals surface area contributed by atoms with Crippen LogP contribution in [-0.4, -0.2) is 47.2 Å². The van der Waals surface area contributed by atoms with Crippen LogP contribution in [0.15, 0.2) is 53.4 Å². The van der Waals surface area contributed by atoms with Crippen LogP contribution in [0.1, 0.15) is 43.7 Å². The topological polar surface area (TPSA) is 84.9 Å². The molecule has 1 spiro atoms. The molecule has 6 rings (SSSR count). The van der Waals surface area contributed by atoms with E-state index in [-0.39, 0.29) is 23.5 Å². The Bertz CT molecular complexity index is 1410. The number of ether oxygens (including phenoxy) is 2. The summed E-state index contributed by atoms with van der Waals surface area (Å²) in [6.45, 7) is 4.25. The van der Waals surface area contributed by atoms with Gasteiger partial charge in [0.2, 0.25) is 0 Å². The van der Waals surface area contributed by atoms with Gasteiger partial charge < -0.3 is 14.4 Å². The monoisotopic (exact) mass is 570 g/mol. The Morgan fingerprint density at radius 1 is 1.15 bits per heavy atom. The Morgan fingerprint density at radius 2 is 2.03 bits per heavy atom. The maximum atomic E-state index is 13.2. The number of rotatable bonds is 0. The summed E-state index contributed by atoms with van der Waals surface area (Å²) in [7, 11) is -4.07. The average Bonchev–Trinajstić information content (AvgIpc) is 3.02. The first-order valence-electron chi connectivity index (χ1n) is 13.8. The van der Waals surface area contributed by atoms with Gasteiger partial charge in [-0.3, -0.25) is 4.79 Å². The molecule has 2 aromatic carbocycles. The maximum absolute atomic E-state index is 13.2. The van der Waals surface area contributed by atoms with Crippen LogP contribution in [0.3, 0.4) is 0 Å². The van der Waals surface area contributed by atoms with Gasteiger partial charge >= 0.3 is 0 Å². The summed E-state index contributed by atoms with van der Waals surface area (Å²) in [5, 5.41) is 0.746. The SMILES string of the molecule is C[C@@H]1/C=C/COCC(=O)NS(=O)(=O)c2ccc3c(c2)N(C[C@@H]2CC[C@H]21)C[C@@]1(CCCc2cc(Cl)ccc21)CO3. The average molecular weight is 571 g/mol. The van der Waals surface area contributed by atoms with Gasteiger partial charge in [-0.05, 0) is 91.3 Å². The van der Waals surface area contributed by atoms with Crippen LogP contribution in [0.25, 0.3) is 0 Å². The molecule has 2 heterocycles. The van der Waals surface area contributed by atoms with E-state index in [1.807, 2.05) is 12.1 Å². The molecule has 2 aliphatic carbocycles. The summed E-state index contributed by atoms with van der Waals surface area (Å²) in [5.41, 5.74) is 3.08. The molecular weight excluding hydrogens is 536 g/mol. The first kappa shape index (κ1) is 26.7. The lowest BCUT2D eigenvalue weighted by atomic mass is 9.66. The number of hydrogen-bond donors (Lipinski definition) is 1. The number of aryl methyl sites for hydroxylation is 1. The largest absolute Gasteiger partial charge is 0.490 e. The number of carbonyl (C=O) groups is 1. The Balaban J connectivity index is 1.43. The van der Waals surface area contributed by atoms with E-state index in [4.69, 9.17) is 21.1 Å². The molecule has 1 N–H and O–H groups in total. The van der Waals surface area contributed by atoms with E-state index in [9.17, 15) is 13.2 Å². The van der Waals surface area contributed by atoms with E-state index in [2.05, 4.69) is 34.8 Å². The van der Waals surface area contributed by atoms with Crippen LogP contribution in [0.4, 0.5) is 5.69 Å². The van der Waals surface area contributed by atoms with Crippen LogP contribution >= 0.6 is 11.6 Å². The number of allylic oxidation sites excluding steroid dienone is 1. The molecule has 2 aromatic rings. The molecule has 39 heavy (non-hydrogen) atoms. The third-order valence-corrected chi connectivity index (χ3v) is 10.7. The fourth-order valence-corrected chi connectivity index (χ4v) is 8.11. The number of hydrogen-bond acceptors (Lipinski definition) is 6. The predicted molar refractivity (Wildman–Crippen MR) is 151 cm³/mol. The van der Waals surface area contributed by atoms with Gasteiger partial charge in [0.05, 0.1) is 23.8 Å². The number of anilines is 1. The zero-order valence-electron chi connectivity index (χ0n) is 22.2. The lowest BCUT2D eigenvalue weighted by Crippen LogP contribution is -2.49. The molecule has 0 aromatic heterocycles. The summed E-state index contributed by atoms with van der Waals surface area (Å²) >= 11 is 6.37. The smallest absolute Gasteiger partial charge is 0.264 e. The summed E-state index contributed by atoms with van der Waals surface area (Å²) in [4.78, 5) is 14.8. The highest BCUT2D eigenvalue weighted by atomic mass is 35.5. The zero-order chi connectivity index (χ0) is 27.2. The molecule has 4 aliphatic rings. The van der Waals surface area contributed by atoms with Gasteiger partial charge in [0.25, 0.3) is 15.9 Å². The van der Waals surface area contributed by atoms with Crippen LogP contribution < -0.4 is 14.4 Å². The standard InChI is InChI=1S/C30H35ClN2O5S/c1-20-4-3-13-37-17-29(34)32-39(35,36)24-8-11-28-27(15-24)33(16-22-6-9-25(20)22)18-30(19-38-28)12-2-5-21-14-23(31)7-10-26(21)30/h3-4,7-8,10-11,14-15,20,22,25H,2,5-6,9,12-13,16-19H2,1H3,(H,32,34)/b4-3+/t20-,22+,25+,30+/m1/s1. The molecule has 0 unspecified atom stereocenters. The highest BCUT2D eigenvalue weighted by Crippen LogP contribution is 2.47. The lowest BCUT2D eigenvalue weighted by molar-refractivity contribution is -0.123. The molecule has 0 radical (unpaired) electrons. The van der Waals surface area contributed by atoms with Crippen molar-refractivity contribution < 1.29 is 22.7 Å². The fourth-order valence-electron chi connectivity index (χ4n) is 6.93. The normalized spacial score (nSPS) is 31.1. The van der Waals surface area contributed by atoms with Gasteiger partial charge in [0, 0.05) is 23.5 Å². The van der Waals surface area contributed by atoms with Crippen LogP contribution in [0.5, 0.6) is 5.75 Å². The number of halogens is 1. The van der Waals surface area contributed by atoms with E-state index in [0.29, 0.717) is 30.1 Å². The van der Waals surface area contributed by atoms with Crippen molar-refractivity contribution >= 4 is 33.2 Å². The zero-order valence-corrected chi connectivity index (χ0v) is 23.8. The lowest BCUT2D eigenvalue weighted by Gasteiger charge is -2.46. The molecule has 9 heteroatoms. The Labute approximate surface area is 235 Å². The van der Waals surface area contributed by atoms with Crippen molar-refractivity contribution in [2.75, 3.05) is 37.8 Å². The maximum Gasteiger partial charge on any atom is 0.264 e. The highest BCUT2D eigenvalue weighted by molar-refractivity contribution is 7.90. The Morgan fingerprint density at radius 3 is 2.85 bits per heavy atom. The number of fused-ring (bicyclic) bond motifs is 4. The van der Waals surface area contributed by atoms with Gasteiger partial charge in [-0.2, -0.15) is 0 Å². The Kier molecular flexibility index (Phi) is 7.14. The molecular formula is C30H35ClN2O5S. The van der Waals surface area contributed by atoms with Gasteiger partial charge in [-0.1, -0.05) is 36.7 Å². The van der Waals surface area contributed by atoms with E-state index < -0.39 is 15.9 Å².